The van der Waals surface area contributed by atoms with Crippen LogP contribution < -0.4 is 9.47 Å². The van der Waals surface area contributed by atoms with Gasteiger partial charge in [0, 0.05) is 5.92 Å². The molecule has 0 saturated heterocycles. The lowest BCUT2D eigenvalue weighted by atomic mass is 9.79. The van der Waals surface area contributed by atoms with Crippen LogP contribution in [-0.2, 0) is 11.2 Å². The van der Waals surface area contributed by atoms with Crippen LogP contribution in [0.1, 0.15) is 22.8 Å². The van der Waals surface area contributed by atoms with Crippen LogP contribution in [0.3, 0.4) is 0 Å². The topological polar surface area (TPSA) is 55.8 Å². The van der Waals surface area contributed by atoms with Crippen LogP contribution in [0, 0.1) is 5.92 Å². The molecule has 0 aliphatic heterocycles. The summed E-state index contributed by atoms with van der Waals surface area (Å²) < 4.78 is 10.5. The molecule has 0 amide bonds. The monoisotopic (exact) mass is 324 g/mol. The second-order valence-electron chi connectivity index (χ2n) is 5.83. The maximum atomic E-state index is 11.5. The summed E-state index contributed by atoms with van der Waals surface area (Å²) in [7, 11) is 3.13. The number of benzene rings is 2. The molecule has 2 aromatic rings. The highest BCUT2D eigenvalue weighted by Crippen LogP contribution is 2.38. The van der Waals surface area contributed by atoms with Gasteiger partial charge in [0.05, 0.1) is 20.3 Å². The fraction of sp³-hybridized carbons (Fsp3) is 0.250. The minimum Gasteiger partial charge on any atom is -0.493 e. The standard InChI is InChI=1S/C20H20O4/c1-23-18-8-7-15(11-19(18)24-2)20(22)17-10-14-6-4-3-5-13(14)9-16(17)12-21/h3-9,11-12,17,20,22H,10H2,1-2H3. The highest BCUT2D eigenvalue weighted by molar-refractivity contribution is 5.84. The predicted molar refractivity (Wildman–Crippen MR) is 92.2 cm³/mol. The van der Waals surface area contributed by atoms with Crippen LogP contribution in [0.4, 0.5) is 0 Å². The molecule has 1 aliphatic rings. The third-order valence-electron chi connectivity index (χ3n) is 4.51. The third kappa shape index (κ3) is 2.93. The minimum atomic E-state index is -0.797. The molecule has 1 aliphatic carbocycles. The van der Waals surface area contributed by atoms with Crippen molar-refractivity contribution in [2.75, 3.05) is 14.2 Å². The molecular weight excluding hydrogens is 304 g/mol. The van der Waals surface area contributed by atoms with Crippen LogP contribution in [0.15, 0.2) is 48.0 Å². The van der Waals surface area contributed by atoms with Crippen LogP contribution in [0.5, 0.6) is 11.5 Å². The molecule has 1 N–H and O–H groups in total. The summed E-state index contributed by atoms with van der Waals surface area (Å²) in [4.78, 5) is 11.5. The van der Waals surface area contributed by atoms with Crippen LogP contribution >= 0.6 is 0 Å². The Morgan fingerprint density at radius 2 is 1.88 bits per heavy atom. The second kappa shape index (κ2) is 6.89. The molecule has 4 heteroatoms. The number of hydrogen-bond donors (Lipinski definition) is 1. The van der Waals surface area contributed by atoms with E-state index in [9.17, 15) is 9.90 Å². The Morgan fingerprint density at radius 3 is 2.58 bits per heavy atom. The van der Waals surface area contributed by atoms with Gasteiger partial charge in [0.2, 0.25) is 0 Å². The molecule has 24 heavy (non-hydrogen) atoms. The summed E-state index contributed by atoms with van der Waals surface area (Å²) in [5.74, 6) is 0.881. The fourth-order valence-corrected chi connectivity index (χ4v) is 3.19. The first kappa shape index (κ1) is 16.3. The number of fused-ring (bicyclic) bond motifs is 1. The lowest BCUT2D eigenvalue weighted by molar-refractivity contribution is -0.105. The zero-order valence-electron chi connectivity index (χ0n) is 13.7. The molecule has 3 rings (SSSR count). The van der Waals surface area contributed by atoms with E-state index in [-0.39, 0.29) is 5.92 Å². The fourth-order valence-electron chi connectivity index (χ4n) is 3.19. The van der Waals surface area contributed by atoms with E-state index < -0.39 is 6.10 Å². The van der Waals surface area contributed by atoms with E-state index >= 15 is 0 Å². The van der Waals surface area contributed by atoms with Gasteiger partial charge in [-0.2, -0.15) is 0 Å². The quantitative estimate of drug-likeness (QED) is 0.858. The van der Waals surface area contributed by atoms with Gasteiger partial charge in [-0.25, -0.2) is 0 Å². The summed E-state index contributed by atoms with van der Waals surface area (Å²) in [5, 5.41) is 10.9. The van der Waals surface area contributed by atoms with Crippen LogP contribution in [0.25, 0.3) is 6.08 Å². The first-order chi connectivity index (χ1) is 11.7. The Bertz CT molecular complexity index is 779. The van der Waals surface area contributed by atoms with Crippen molar-refractivity contribution in [1.29, 1.82) is 0 Å². The average Bonchev–Trinajstić information content (AvgIpc) is 2.65. The van der Waals surface area contributed by atoms with Crippen molar-refractivity contribution in [1.82, 2.24) is 0 Å². The summed E-state index contributed by atoms with van der Waals surface area (Å²) in [6.45, 7) is 0. The number of aldehydes is 1. The van der Waals surface area contributed by atoms with Crippen molar-refractivity contribution >= 4 is 12.4 Å². The molecule has 2 aromatic carbocycles. The summed E-state index contributed by atoms with van der Waals surface area (Å²) >= 11 is 0. The molecule has 0 aromatic heterocycles. The first-order valence-electron chi connectivity index (χ1n) is 7.82. The number of ether oxygens (including phenoxy) is 2. The molecule has 0 fully saturated rings. The molecule has 0 bridgehead atoms. The Labute approximate surface area is 141 Å². The van der Waals surface area contributed by atoms with Crippen LogP contribution in [-0.4, -0.2) is 25.6 Å². The van der Waals surface area contributed by atoms with Gasteiger partial charge in [-0.15, -0.1) is 0 Å². The Hall–Kier alpha value is -2.59. The van der Waals surface area contributed by atoms with Gasteiger partial charge >= 0.3 is 0 Å². The van der Waals surface area contributed by atoms with E-state index in [1.54, 1.807) is 32.4 Å². The second-order valence-corrected chi connectivity index (χ2v) is 5.83. The molecule has 0 saturated carbocycles. The molecule has 0 radical (unpaired) electrons. The third-order valence-corrected chi connectivity index (χ3v) is 4.51. The molecule has 4 nitrogen and oxygen atoms in total. The van der Waals surface area contributed by atoms with E-state index in [0.717, 1.165) is 17.4 Å². The smallest absolute Gasteiger partial charge is 0.161 e. The zero-order valence-corrected chi connectivity index (χ0v) is 13.7. The van der Waals surface area contributed by atoms with Crippen molar-refractivity contribution in [3.8, 4) is 11.5 Å². The molecule has 2 unspecified atom stereocenters. The van der Waals surface area contributed by atoms with Gasteiger partial charge in [0.15, 0.2) is 11.5 Å². The number of hydrogen-bond acceptors (Lipinski definition) is 4. The largest absolute Gasteiger partial charge is 0.493 e. The highest BCUT2D eigenvalue weighted by Gasteiger charge is 2.29. The summed E-state index contributed by atoms with van der Waals surface area (Å²) in [6, 6.07) is 13.3. The average molecular weight is 324 g/mol. The molecule has 0 spiro atoms. The van der Waals surface area contributed by atoms with E-state index in [1.165, 1.54) is 0 Å². The highest BCUT2D eigenvalue weighted by atomic mass is 16.5. The van der Waals surface area contributed by atoms with Crippen molar-refractivity contribution in [2.45, 2.75) is 12.5 Å². The minimum absolute atomic E-state index is 0.282. The Balaban J connectivity index is 1.95. The lowest BCUT2D eigenvalue weighted by Gasteiger charge is -2.28. The summed E-state index contributed by atoms with van der Waals surface area (Å²) in [6.07, 6.45) is 2.52. The number of carbonyl (C=O) groups excluding carboxylic acids is 1. The maximum absolute atomic E-state index is 11.5. The molecule has 124 valence electrons. The number of aliphatic hydroxyl groups excluding tert-OH is 1. The molecule has 2 atom stereocenters. The predicted octanol–water partition coefficient (Wildman–Crippen LogP) is 3.19. The van der Waals surface area contributed by atoms with E-state index in [2.05, 4.69) is 0 Å². The number of carbonyl (C=O) groups is 1. The SMILES string of the molecule is COc1ccc(C(O)C2Cc3ccccc3C=C2C=O)cc1OC. The van der Waals surface area contributed by atoms with Crippen molar-refractivity contribution in [3.63, 3.8) is 0 Å². The van der Waals surface area contributed by atoms with Crippen molar-refractivity contribution < 1.29 is 19.4 Å². The normalized spacial score (nSPS) is 17.5. The first-order valence-corrected chi connectivity index (χ1v) is 7.82. The van der Waals surface area contributed by atoms with E-state index in [0.29, 0.717) is 29.1 Å². The van der Waals surface area contributed by atoms with Gasteiger partial charge in [-0.3, -0.25) is 4.79 Å². The van der Waals surface area contributed by atoms with Gasteiger partial charge < -0.3 is 14.6 Å². The Kier molecular flexibility index (Phi) is 4.67. The Morgan fingerprint density at radius 1 is 1.12 bits per heavy atom. The van der Waals surface area contributed by atoms with E-state index in [1.807, 2.05) is 30.3 Å². The van der Waals surface area contributed by atoms with Gasteiger partial charge in [-0.1, -0.05) is 30.3 Å². The maximum Gasteiger partial charge on any atom is 0.161 e. The lowest BCUT2D eigenvalue weighted by Crippen LogP contribution is -2.21. The van der Waals surface area contributed by atoms with Gasteiger partial charge in [0.25, 0.3) is 0 Å². The van der Waals surface area contributed by atoms with Crippen LogP contribution in [0.2, 0.25) is 0 Å². The summed E-state index contributed by atoms with van der Waals surface area (Å²) in [5.41, 5.74) is 3.48. The van der Waals surface area contributed by atoms with Crippen molar-refractivity contribution in [2.24, 2.45) is 5.92 Å². The van der Waals surface area contributed by atoms with E-state index in [4.69, 9.17) is 9.47 Å². The zero-order chi connectivity index (χ0) is 17.1. The molecule has 0 heterocycles. The number of aliphatic hydroxyl groups is 1. The number of rotatable bonds is 5. The van der Waals surface area contributed by atoms with Gasteiger partial charge in [-0.05, 0) is 46.9 Å². The molecular formula is C20H20O4. The van der Waals surface area contributed by atoms with Gasteiger partial charge in [0.1, 0.15) is 6.29 Å². The number of methoxy groups -OCH3 is 2. The van der Waals surface area contributed by atoms with Crippen molar-refractivity contribution in [3.05, 3.63) is 64.7 Å².